The van der Waals surface area contributed by atoms with E-state index in [0.29, 0.717) is 5.56 Å². The van der Waals surface area contributed by atoms with Crippen LogP contribution < -0.4 is 0 Å². The first-order valence-electron chi connectivity index (χ1n) is 2.98. The zero-order valence-electron chi connectivity index (χ0n) is 6.38. The topological polar surface area (TPSA) is 52.0 Å². The molecule has 0 amide bonds. The average Bonchev–Trinajstić information content (AvgIpc) is 2.05. The molecule has 7 heteroatoms. The fraction of sp³-hybridized carbons (Fsp3) is 0.400. The molecule has 0 saturated heterocycles. The van der Waals surface area contributed by atoms with Crippen molar-refractivity contribution in [3.05, 3.63) is 10.7 Å². The third-order valence-electron chi connectivity index (χ3n) is 1.39. The summed E-state index contributed by atoms with van der Waals surface area (Å²) in [4.78, 5) is 0. The van der Waals surface area contributed by atoms with Crippen LogP contribution in [-0.4, -0.2) is 18.2 Å². The summed E-state index contributed by atoms with van der Waals surface area (Å²) in [5.74, 6) is 0. The van der Waals surface area contributed by atoms with Gasteiger partial charge < -0.3 is 0 Å². The maximum atomic E-state index is 10.9. The van der Waals surface area contributed by atoms with Crippen molar-refractivity contribution in [1.82, 2.24) is 9.78 Å². The van der Waals surface area contributed by atoms with Crippen LogP contribution in [0.4, 0.5) is 0 Å². The molecule has 0 aromatic carbocycles. The van der Waals surface area contributed by atoms with Crippen molar-refractivity contribution in [3.63, 3.8) is 0 Å². The van der Waals surface area contributed by atoms with Crippen LogP contribution in [0.3, 0.4) is 0 Å². The van der Waals surface area contributed by atoms with E-state index in [-0.39, 0.29) is 10.2 Å². The highest BCUT2D eigenvalue weighted by Gasteiger charge is 2.21. The van der Waals surface area contributed by atoms with Crippen molar-refractivity contribution in [2.45, 2.75) is 11.9 Å². The third kappa shape index (κ3) is 1.57. The van der Waals surface area contributed by atoms with E-state index in [1.54, 1.807) is 6.92 Å². The van der Waals surface area contributed by atoms with E-state index in [9.17, 15) is 8.42 Å². The van der Waals surface area contributed by atoms with Crippen molar-refractivity contribution in [2.24, 2.45) is 7.05 Å². The lowest BCUT2D eigenvalue weighted by molar-refractivity contribution is 0.589. The molecule has 1 heterocycles. The number of hydrogen-bond acceptors (Lipinski definition) is 3. The second-order valence-corrected chi connectivity index (χ2v) is 5.12. The standard InChI is InChI=1S/C5H6Cl2N2O2S/c1-3-4(6)8-9(2)5(3)12(7,10)11/h1-2H3. The highest BCUT2D eigenvalue weighted by molar-refractivity contribution is 8.13. The van der Waals surface area contributed by atoms with E-state index in [1.807, 2.05) is 0 Å². The van der Waals surface area contributed by atoms with Gasteiger partial charge in [0.1, 0.15) is 0 Å². The van der Waals surface area contributed by atoms with Crippen LogP contribution in [0.1, 0.15) is 5.56 Å². The normalized spacial score (nSPS) is 12.0. The Kier molecular flexibility index (Phi) is 2.38. The van der Waals surface area contributed by atoms with Crippen LogP contribution in [-0.2, 0) is 16.1 Å². The van der Waals surface area contributed by atoms with Crippen molar-refractivity contribution in [2.75, 3.05) is 0 Å². The van der Waals surface area contributed by atoms with Gasteiger partial charge in [0.25, 0.3) is 9.05 Å². The van der Waals surface area contributed by atoms with Gasteiger partial charge in [0, 0.05) is 23.3 Å². The van der Waals surface area contributed by atoms with E-state index in [1.165, 1.54) is 7.05 Å². The SMILES string of the molecule is Cc1c(Cl)nn(C)c1S(=O)(=O)Cl. The molecule has 1 aromatic heterocycles. The second-order valence-electron chi connectivity index (χ2n) is 2.28. The monoisotopic (exact) mass is 228 g/mol. The molecule has 0 spiro atoms. The fourth-order valence-electron chi connectivity index (χ4n) is 0.924. The number of hydrogen-bond donors (Lipinski definition) is 0. The van der Waals surface area contributed by atoms with Crippen LogP contribution in [0.15, 0.2) is 5.03 Å². The van der Waals surface area contributed by atoms with Crippen molar-refractivity contribution in [3.8, 4) is 0 Å². The summed E-state index contributed by atoms with van der Waals surface area (Å²) in [5, 5.41) is 3.78. The molecule has 0 radical (unpaired) electrons. The molecule has 0 unspecified atom stereocenters. The summed E-state index contributed by atoms with van der Waals surface area (Å²) in [6, 6.07) is 0. The molecule has 0 fully saturated rings. The summed E-state index contributed by atoms with van der Waals surface area (Å²) < 4.78 is 23.0. The lowest BCUT2D eigenvalue weighted by atomic mass is 10.4. The molecular weight excluding hydrogens is 223 g/mol. The molecule has 0 N–H and O–H groups in total. The summed E-state index contributed by atoms with van der Waals surface area (Å²) in [6.07, 6.45) is 0. The summed E-state index contributed by atoms with van der Waals surface area (Å²) in [7, 11) is 2.85. The van der Waals surface area contributed by atoms with E-state index < -0.39 is 9.05 Å². The fourth-order valence-corrected chi connectivity index (χ4v) is 2.65. The molecule has 1 rings (SSSR count). The van der Waals surface area contributed by atoms with E-state index in [0.717, 1.165) is 4.68 Å². The first kappa shape index (κ1) is 9.83. The minimum absolute atomic E-state index is 0.0610. The van der Waals surface area contributed by atoms with Gasteiger partial charge in [0.05, 0.1) is 0 Å². The van der Waals surface area contributed by atoms with Gasteiger partial charge in [0.2, 0.25) is 0 Å². The van der Waals surface area contributed by atoms with Crippen LogP contribution >= 0.6 is 22.3 Å². The van der Waals surface area contributed by atoms with E-state index >= 15 is 0 Å². The Labute approximate surface area is 79.5 Å². The highest BCUT2D eigenvalue weighted by atomic mass is 35.7. The summed E-state index contributed by atoms with van der Waals surface area (Å²) in [5.41, 5.74) is 0.370. The molecule has 4 nitrogen and oxygen atoms in total. The van der Waals surface area contributed by atoms with Gasteiger partial charge >= 0.3 is 0 Å². The minimum atomic E-state index is -3.76. The summed E-state index contributed by atoms with van der Waals surface area (Å²) >= 11 is 5.59. The molecule has 0 bridgehead atoms. The third-order valence-corrected chi connectivity index (χ3v) is 3.22. The zero-order valence-corrected chi connectivity index (χ0v) is 8.70. The minimum Gasteiger partial charge on any atom is -0.254 e. The maximum Gasteiger partial charge on any atom is 0.278 e. The molecule has 0 aliphatic carbocycles. The van der Waals surface area contributed by atoms with Crippen LogP contribution in [0.2, 0.25) is 5.15 Å². The first-order valence-corrected chi connectivity index (χ1v) is 5.66. The molecule has 0 aliphatic heterocycles. The van der Waals surface area contributed by atoms with Crippen LogP contribution in [0.25, 0.3) is 0 Å². The predicted octanol–water partition coefficient (Wildman–Crippen LogP) is 1.31. The lowest BCUT2D eigenvalue weighted by Gasteiger charge is -1.96. The van der Waals surface area contributed by atoms with E-state index in [4.69, 9.17) is 22.3 Å². The Hall–Kier alpha value is -0.260. The van der Waals surface area contributed by atoms with Crippen LogP contribution in [0.5, 0.6) is 0 Å². The number of halogens is 2. The molecule has 0 aliphatic rings. The Morgan fingerprint density at radius 1 is 1.50 bits per heavy atom. The Bertz CT molecular complexity index is 409. The lowest BCUT2D eigenvalue weighted by Crippen LogP contribution is -2.02. The van der Waals surface area contributed by atoms with Gasteiger partial charge in [-0.2, -0.15) is 5.10 Å². The number of aromatic nitrogens is 2. The Balaban J connectivity index is 3.54. The van der Waals surface area contributed by atoms with Crippen molar-refractivity contribution < 1.29 is 8.42 Å². The predicted molar refractivity (Wildman–Crippen MR) is 46.0 cm³/mol. The van der Waals surface area contributed by atoms with Gasteiger partial charge in [-0.25, -0.2) is 8.42 Å². The average molecular weight is 229 g/mol. The maximum absolute atomic E-state index is 10.9. The first-order chi connectivity index (χ1) is 5.34. The molecule has 1 aromatic rings. The van der Waals surface area contributed by atoms with Gasteiger partial charge in [-0.1, -0.05) is 11.6 Å². The van der Waals surface area contributed by atoms with Gasteiger partial charge in [0.15, 0.2) is 10.2 Å². The number of nitrogens with zero attached hydrogens (tertiary/aromatic N) is 2. The van der Waals surface area contributed by atoms with Crippen molar-refractivity contribution >= 4 is 31.3 Å². The Morgan fingerprint density at radius 3 is 2.17 bits per heavy atom. The second kappa shape index (κ2) is 2.90. The highest BCUT2D eigenvalue weighted by Crippen LogP contribution is 2.24. The zero-order chi connectivity index (χ0) is 9.52. The van der Waals surface area contributed by atoms with Crippen LogP contribution in [0, 0.1) is 6.92 Å². The van der Waals surface area contributed by atoms with Gasteiger partial charge in [-0.15, -0.1) is 0 Å². The smallest absolute Gasteiger partial charge is 0.254 e. The van der Waals surface area contributed by atoms with E-state index in [2.05, 4.69) is 5.10 Å². The molecule has 0 saturated carbocycles. The van der Waals surface area contributed by atoms with Crippen molar-refractivity contribution in [1.29, 1.82) is 0 Å². The molecule has 12 heavy (non-hydrogen) atoms. The van der Waals surface area contributed by atoms with Gasteiger partial charge in [-0.3, -0.25) is 4.68 Å². The molecular formula is C5H6Cl2N2O2S. The number of rotatable bonds is 1. The Morgan fingerprint density at radius 2 is 2.00 bits per heavy atom. The molecule has 68 valence electrons. The van der Waals surface area contributed by atoms with Gasteiger partial charge in [-0.05, 0) is 6.92 Å². The molecule has 0 atom stereocenters. The largest absolute Gasteiger partial charge is 0.278 e. The quantitative estimate of drug-likeness (QED) is 0.682. The number of aryl methyl sites for hydroxylation is 1. The summed E-state index contributed by atoms with van der Waals surface area (Å²) in [6.45, 7) is 1.55.